The summed E-state index contributed by atoms with van der Waals surface area (Å²) in [5.74, 6) is -0.525. The van der Waals surface area contributed by atoms with E-state index in [-0.39, 0.29) is 18.0 Å². The van der Waals surface area contributed by atoms with Crippen LogP contribution in [0.25, 0.3) is 0 Å². The van der Waals surface area contributed by atoms with E-state index in [0.717, 1.165) is 6.08 Å². The van der Waals surface area contributed by atoms with E-state index in [1.165, 1.54) is 7.11 Å². The SMILES string of the molecule is C=CC(=O)OCCC(C)CC(=O)OC.N. The third-order valence-corrected chi connectivity index (χ3v) is 1.76. The Morgan fingerprint density at radius 2 is 2.07 bits per heavy atom. The van der Waals surface area contributed by atoms with Gasteiger partial charge in [-0.2, -0.15) is 0 Å². The number of rotatable bonds is 6. The lowest BCUT2D eigenvalue weighted by Gasteiger charge is -2.09. The maximum Gasteiger partial charge on any atom is 0.330 e. The molecule has 88 valence electrons. The van der Waals surface area contributed by atoms with Crippen LogP contribution in [-0.2, 0) is 19.1 Å². The summed E-state index contributed by atoms with van der Waals surface area (Å²) >= 11 is 0. The maximum absolute atomic E-state index is 10.8. The van der Waals surface area contributed by atoms with Crippen LogP contribution in [0.3, 0.4) is 0 Å². The van der Waals surface area contributed by atoms with Gasteiger partial charge in [0.1, 0.15) is 0 Å². The van der Waals surface area contributed by atoms with Gasteiger partial charge in [0, 0.05) is 12.5 Å². The Bertz CT molecular complexity index is 215. The van der Waals surface area contributed by atoms with Crippen molar-refractivity contribution in [1.29, 1.82) is 0 Å². The monoisotopic (exact) mass is 217 g/mol. The van der Waals surface area contributed by atoms with Gasteiger partial charge in [-0.15, -0.1) is 0 Å². The van der Waals surface area contributed by atoms with Crippen molar-refractivity contribution in [3.63, 3.8) is 0 Å². The molecule has 5 heteroatoms. The average molecular weight is 217 g/mol. The molecule has 0 heterocycles. The molecule has 0 amide bonds. The van der Waals surface area contributed by atoms with Crippen molar-refractivity contribution in [1.82, 2.24) is 6.15 Å². The fourth-order valence-corrected chi connectivity index (χ4v) is 0.890. The van der Waals surface area contributed by atoms with Gasteiger partial charge < -0.3 is 15.6 Å². The summed E-state index contributed by atoms with van der Waals surface area (Å²) in [5.41, 5.74) is 0. The lowest BCUT2D eigenvalue weighted by atomic mass is 10.1. The smallest absolute Gasteiger partial charge is 0.330 e. The van der Waals surface area contributed by atoms with Crippen LogP contribution >= 0.6 is 0 Å². The van der Waals surface area contributed by atoms with Gasteiger partial charge in [0.05, 0.1) is 13.7 Å². The fourth-order valence-electron chi connectivity index (χ4n) is 0.890. The molecule has 3 N–H and O–H groups in total. The van der Waals surface area contributed by atoms with Crippen LogP contribution in [0.15, 0.2) is 12.7 Å². The van der Waals surface area contributed by atoms with E-state index in [9.17, 15) is 9.59 Å². The number of methoxy groups -OCH3 is 1. The first kappa shape index (κ1) is 16.1. The van der Waals surface area contributed by atoms with Crippen molar-refractivity contribution in [2.24, 2.45) is 5.92 Å². The highest BCUT2D eigenvalue weighted by molar-refractivity contribution is 5.81. The number of carbonyl (C=O) groups is 2. The summed E-state index contributed by atoms with van der Waals surface area (Å²) in [6.07, 6.45) is 2.11. The Kier molecular flexibility index (Phi) is 9.87. The third-order valence-electron chi connectivity index (χ3n) is 1.76. The first-order valence-electron chi connectivity index (χ1n) is 4.46. The second kappa shape index (κ2) is 9.21. The van der Waals surface area contributed by atoms with Crippen molar-refractivity contribution in [3.8, 4) is 0 Å². The number of hydrogen-bond donors (Lipinski definition) is 1. The van der Waals surface area contributed by atoms with Crippen LogP contribution in [0.1, 0.15) is 19.8 Å². The van der Waals surface area contributed by atoms with E-state index >= 15 is 0 Å². The predicted octanol–water partition coefficient (Wildman–Crippen LogP) is 1.47. The van der Waals surface area contributed by atoms with E-state index in [4.69, 9.17) is 4.74 Å². The van der Waals surface area contributed by atoms with Gasteiger partial charge in [-0.25, -0.2) is 4.79 Å². The standard InChI is InChI=1S/C10H16O4.H3N/c1-4-9(11)14-6-5-8(2)7-10(12)13-3;/h4,8H,1,5-7H2,2-3H3;1H3. The lowest BCUT2D eigenvalue weighted by molar-refractivity contribution is -0.141. The normalized spacial score (nSPS) is 10.8. The first-order valence-corrected chi connectivity index (χ1v) is 4.46. The Morgan fingerprint density at radius 3 is 2.53 bits per heavy atom. The maximum atomic E-state index is 10.8. The van der Waals surface area contributed by atoms with Gasteiger partial charge in [0.15, 0.2) is 0 Å². The summed E-state index contributed by atoms with van der Waals surface area (Å²) in [5, 5.41) is 0. The molecule has 0 radical (unpaired) electrons. The number of ether oxygens (including phenoxy) is 2. The number of carbonyl (C=O) groups excluding carboxylic acids is 2. The molecule has 0 rings (SSSR count). The Morgan fingerprint density at radius 1 is 1.47 bits per heavy atom. The zero-order valence-corrected chi connectivity index (χ0v) is 9.32. The molecule has 1 atom stereocenters. The molecule has 15 heavy (non-hydrogen) atoms. The summed E-state index contributed by atoms with van der Waals surface area (Å²) in [4.78, 5) is 21.5. The van der Waals surface area contributed by atoms with Crippen LogP contribution in [0.5, 0.6) is 0 Å². The molecule has 0 aromatic heterocycles. The minimum Gasteiger partial charge on any atom is -0.469 e. The molecular formula is C10H19NO4. The van der Waals surface area contributed by atoms with Crippen molar-refractivity contribution in [2.45, 2.75) is 19.8 Å². The second-order valence-electron chi connectivity index (χ2n) is 3.05. The molecular weight excluding hydrogens is 198 g/mol. The minimum absolute atomic E-state index is 0. The predicted molar refractivity (Wildman–Crippen MR) is 56.6 cm³/mol. The van der Waals surface area contributed by atoms with E-state index in [0.29, 0.717) is 19.4 Å². The number of hydrogen-bond acceptors (Lipinski definition) is 5. The van der Waals surface area contributed by atoms with Crippen LogP contribution < -0.4 is 6.15 Å². The summed E-state index contributed by atoms with van der Waals surface area (Å²) < 4.78 is 9.27. The van der Waals surface area contributed by atoms with Gasteiger partial charge >= 0.3 is 11.9 Å². The molecule has 0 aliphatic heterocycles. The third kappa shape index (κ3) is 8.96. The van der Waals surface area contributed by atoms with Crippen LogP contribution in [-0.4, -0.2) is 25.7 Å². The van der Waals surface area contributed by atoms with Crippen LogP contribution in [0.4, 0.5) is 0 Å². The van der Waals surface area contributed by atoms with E-state index in [1.54, 1.807) is 0 Å². The van der Waals surface area contributed by atoms with Crippen LogP contribution in [0.2, 0.25) is 0 Å². The Balaban J connectivity index is 0. The molecule has 0 saturated heterocycles. The second-order valence-corrected chi connectivity index (χ2v) is 3.05. The summed E-state index contributed by atoms with van der Waals surface area (Å²) in [6, 6.07) is 0. The van der Waals surface area contributed by atoms with Crippen molar-refractivity contribution < 1.29 is 19.1 Å². The molecule has 0 saturated carbocycles. The lowest BCUT2D eigenvalue weighted by Crippen LogP contribution is -2.11. The van der Waals surface area contributed by atoms with Crippen molar-refractivity contribution >= 4 is 11.9 Å². The molecule has 0 fully saturated rings. The van der Waals surface area contributed by atoms with Gasteiger partial charge in [0.25, 0.3) is 0 Å². The zero-order valence-electron chi connectivity index (χ0n) is 9.32. The zero-order chi connectivity index (χ0) is 11.0. The fraction of sp³-hybridized carbons (Fsp3) is 0.600. The summed E-state index contributed by atoms with van der Waals surface area (Å²) in [6.45, 7) is 5.48. The minimum atomic E-state index is -0.435. The average Bonchev–Trinajstić information content (AvgIpc) is 2.17. The molecule has 0 aliphatic rings. The molecule has 0 spiro atoms. The quantitative estimate of drug-likeness (QED) is 0.537. The highest BCUT2D eigenvalue weighted by Gasteiger charge is 2.09. The van der Waals surface area contributed by atoms with Crippen molar-refractivity contribution in [2.75, 3.05) is 13.7 Å². The molecule has 1 unspecified atom stereocenters. The molecule has 0 aromatic carbocycles. The molecule has 5 nitrogen and oxygen atoms in total. The number of esters is 2. The highest BCUT2D eigenvalue weighted by atomic mass is 16.5. The van der Waals surface area contributed by atoms with Gasteiger partial charge in [-0.1, -0.05) is 13.5 Å². The largest absolute Gasteiger partial charge is 0.469 e. The highest BCUT2D eigenvalue weighted by Crippen LogP contribution is 2.08. The van der Waals surface area contributed by atoms with E-state index in [2.05, 4.69) is 11.3 Å². The van der Waals surface area contributed by atoms with E-state index in [1.807, 2.05) is 6.92 Å². The first-order chi connectivity index (χ1) is 6.60. The molecule has 0 bridgehead atoms. The van der Waals surface area contributed by atoms with Gasteiger partial charge in [-0.3, -0.25) is 4.79 Å². The van der Waals surface area contributed by atoms with Crippen molar-refractivity contribution in [3.05, 3.63) is 12.7 Å². The van der Waals surface area contributed by atoms with Gasteiger partial charge in [0.2, 0.25) is 0 Å². The van der Waals surface area contributed by atoms with Gasteiger partial charge in [-0.05, 0) is 12.3 Å². The molecule has 0 aliphatic carbocycles. The van der Waals surface area contributed by atoms with Crippen LogP contribution in [0, 0.1) is 5.92 Å². The molecule has 0 aromatic rings. The Labute approximate surface area is 90.0 Å². The Hall–Kier alpha value is -1.36. The van der Waals surface area contributed by atoms with E-state index < -0.39 is 5.97 Å². The topological polar surface area (TPSA) is 87.6 Å². The summed E-state index contributed by atoms with van der Waals surface area (Å²) in [7, 11) is 1.35.